The second-order valence-electron chi connectivity index (χ2n) is 6.65. The standard InChI is InChI=1S/C7H11O2.3C4H9.Sn/c1-3-4-5-7(9)6(2)8;3*1-3-4-2;/h1,3-9H,2H3;3*1,3-4H2,2H3;/b3-1?,5-4+;;;;/t6-,7+;;;;/m0..../s1. The summed E-state index contributed by atoms with van der Waals surface area (Å²) in [6, 6.07) is 0. The first-order valence-electron chi connectivity index (χ1n) is 9.23. The molecule has 0 saturated carbocycles. The zero-order chi connectivity index (χ0) is 16.8. The predicted molar refractivity (Wildman–Crippen MR) is 101 cm³/mol. The van der Waals surface area contributed by atoms with E-state index < -0.39 is 30.6 Å². The van der Waals surface area contributed by atoms with Crippen molar-refractivity contribution in [1.29, 1.82) is 0 Å². The molecule has 0 unspecified atom stereocenters. The fourth-order valence-electron chi connectivity index (χ4n) is 2.81. The van der Waals surface area contributed by atoms with Gasteiger partial charge in [0, 0.05) is 0 Å². The molecular formula is C19H38O2Sn. The van der Waals surface area contributed by atoms with Crippen molar-refractivity contribution in [3.05, 3.63) is 22.3 Å². The second-order valence-corrected chi connectivity index (χ2v) is 19.7. The Morgan fingerprint density at radius 3 is 1.64 bits per heavy atom. The Morgan fingerprint density at radius 2 is 1.27 bits per heavy atom. The molecule has 3 heteroatoms. The van der Waals surface area contributed by atoms with Crippen LogP contribution in [0.3, 0.4) is 0 Å². The molecule has 130 valence electrons. The molecule has 2 N–H and O–H groups in total. The van der Waals surface area contributed by atoms with Crippen molar-refractivity contribution in [2.75, 3.05) is 0 Å². The van der Waals surface area contributed by atoms with E-state index in [0.29, 0.717) is 0 Å². The van der Waals surface area contributed by atoms with E-state index >= 15 is 0 Å². The number of hydrogen-bond acceptors (Lipinski definition) is 2. The summed E-state index contributed by atoms with van der Waals surface area (Å²) < 4.78 is 6.97. The molecule has 0 rings (SSSR count). The van der Waals surface area contributed by atoms with Crippen molar-refractivity contribution in [3.63, 3.8) is 0 Å². The van der Waals surface area contributed by atoms with Crippen molar-refractivity contribution in [2.24, 2.45) is 0 Å². The molecule has 0 heterocycles. The van der Waals surface area contributed by atoms with Gasteiger partial charge in [0.15, 0.2) is 0 Å². The number of unbranched alkanes of at least 4 members (excludes halogenated alkanes) is 3. The molecule has 0 bridgehead atoms. The van der Waals surface area contributed by atoms with Gasteiger partial charge in [0.1, 0.15) is 0 Å². The summed E-state index contributed by atoms with van der Waals surface area (Å²) in [5, 5.41) is 18.9. The summed E-state index contributed by atoms with van der Waals surface area (Å²) in [5.41, 5.74) is 0. The fraction of sp³-hybridized carbons (Fsp3) is 0.789. The van der Waals surface area contributed by atoms with Gasteiger partial charge in [-0.2, -0.15) is 0 Å². The van der Waals surface area contributed by atoms with Crippen LogP contribution in [0.2, 0.25) is 13.3 Å². The molecule has 0 saturated heterocycles. The van der Waals surface area contributed by atoms with Gasteiger partial charge in [-0.15, -0.1) is 0 Å². The third-order valence-electron chi connectivity index (χ3n) is 4.45. The van der Waals surface area contributed by atoms with Crippen LogP contribution in [0.4, 0.5) is 0 Å². The molecule has 0 aliphatic heterocycles. The molecule has 0 aromatic heterocycles. The number of aliphatic hydroxyl groups excluding tert-OH is 2. The van der Waals surface area contributed by atoms with Gasteiger partial charge in [0.05, 0.1) is 0 Å². The molecule has 0 amide bonds. The van der Waals surface area contributed by atoms with E-state index in [-0.39, 0.29) is 0 Å². The summed E-state index contributed by atoms with van der Waals surface area (Å²) in [5.74, 6) is 0. The first-order chi connectivity index (χ1) is 10.5. The first kappa shape index (κ1) is 22.2. The van der Waals surface area contributed by atoms with E-state index in [2.05, 4.69) is 30.9 Å². The Labute approximate surface area is 142 Å². The van der Waals surface area contributed by atoms with Crippen LogP contribution in [0.25, 0.3) is 0 Å². The Balaban J connectivity index is 4.90. The Morgan fingerprint density at radius 1 is 0.818 bits per heavy atom. The fourth-order valence-corrected chi connectivity index (χ4v) is 16.9. The minimum atomic E-state index is -2.17. The summed E-state index contributed by atoms with van der Waals surface area (Å²) in [7, 11) is 0. The van der Waals surface area contributed by atoms with Crippen molar-refractivity contribution < 1.29 is 10.2 Å². The normalized spacial score (nSPS) is 15.7. The molecule has 0 aromatic carbocycles. The van der Waals surface area contributed by atoms with E-state index in [1.54, 1.807) is 13.0 Å². The maximum absolute atomic E-state index is 9.63. The third-order valence-corrected chi connectivity index (χ3v) is 18.6. The molecule has 2 atom stereocenters. The topological polar surface area (TPSA) is 40.5 Å². The number of rotatable bonds is 13. The molecule has 0 radical (unpaired) electrons. The molecule has 0 aromatic rings. The third kappa shape index (κ3) is 10.1. The molecule has 0 fully saturated rings. The van der Waals surface area contributed by atoms with Crippen LogP contribution in [0.1, 0.15) is 66.2 Å². The zero-order valence-corrected chi connectivity index (χ0v) is 18.1. The van der Waals surface area contributed by atoms with Gasteiger partial charge in [-0.25, -0.2) is 0 Å². The molecular weight excluding hydrogens is 379 g/mol. The molecule has 0 aliphatic rings. The summed E-state index contributed by atoms with van der Waals surface area (Å²) >= 11 is -2.17. The van der Waals surface area contributed by atoms with Gasteiger partial charge in [-0.1, -0.05) is 0 Å². The monoisotopic (exact) mass is 418 g/mol. The Bertz CT molecular complexity index is 289. The van der Waals surface area contributed by atoms with Crippen LogP contribution in [0.5, 0.6) is 0 Å². The van der Waals surface area contributed by atoms with Crippen molar-refractivity contribution in [1.82, 2.24) is 0 Å². The number of hydrogen-bond donors (Lipinski definition) is 2. The van der Waals surface area contributed by atoms with E-state index in [1.165, 1.54) is 51.8 Å². The van der Waals surface area contributed by atoms with Gasteiger partial charge in [-0.3, -0.25) is 0 Å². The zero-order valence-electron chi connectivity index (χ0n) is 15.2. The summed E-state index contributed by atoms with van der Waals surface area (Å²) in [6.45, 7) is 8.49. The number of allylic oxidation sites excluding steroid dienone is 2. The molecule has 0 aliphatic carbocycles. The first-order valence-corrected chi connectivity index (χ1v) is 16.9. The molecule has 22 heavy (non-hydrogen) atoms. The molecule has 2 nitrogen and oxygen atoms in total. The maximum atomic E-state index is 9.63. The van der Waals surface area contributed by atoms with E-state index in [4.69, 9.17) is 0 Å². The average molecular weight is 417 g/mol. The second kappa shape index (κ2) is 13.6. The van der Waals surface area contributed by atoms with Crippen molar-refractivity contribution in [2.45, 2.75) is 91.7 Å². The van der Waals surface area contributed by atoms with Gasteiger partial charge in [0.25, 0.3) is 0 Å². The van der Waals surface area contributed by atoms with Gasteiger partial charge >= 0.3 is 143 Å². The predicted octanol–water partition coefficient (Wildman–Crippen LogP) is 5.23. The summed E-state index contributed by atoms with van der Waals surface area (Å²) in [4.78, 5) is 0. The molecule has 0 spiro atoms. The van der Waals surface area contributed by atoms with Crippen LogP contribution in [0.15, 0.2) is 22.3 Å². The van der Waals surface area contributed by atoms with Crippen molar-refractivity contribution in [3.8, 4) is 0 Å². The van der Waals surface area contributed by atoms with Crippen LogP contribution >= 0.6 is 0 Å². The van der Waals surface area contributed by atoms with Gasteiger partial charge in [0.2, 0.25) is 0 Å². The minimum absolute atomic E-state index is 0.696. The Kier molecular flexibility index (Phi) is 13.7. The van der Waals surface area contributed by atoms with Crippen LogP contribution < -0.4 is 0 Å². The van der Waals surface area contributed by atoms with Crippen LogP contribution in [0, 0.1) is 0 Å². The van der Waals surface area contributed by atoms with Gasteiger partial charge < -0.3 is 0 Å². The van der Waals surface area contributed by atoms with E-state index in [1.807, 2.05) is 6.08 Å². The quantitative estimate of drug-likeness (QED) is 0.318. The van der Waals surface area contributed by atoms with E-state index in [9.17, 15) is 10.2 Å². The van der Waals surface area contributed by atoms with Crippen LogP contribution in [-0.2, 0) is 0 Å². The number of aliphatic hydroxyl groups is 2. The van der Waals surface area contributed by atoms with Gasteiger partial charge in [-0.05, 0) is 0 Å². The summed E-state index contributed by atoms with van der Waals surface area (Å²) in [6.07, 6.45) is 12.3. The Hall–Kier alpha value is 0.199. The van der Waals surface area contributed by atoms with Crippen molar-refractivity contribution >= 4 is 18.4 Å². The van der Waals surface area contributed by atoms with E-state index in [0.717, 1.165) is 0 Å². The average Bonchev–Trinajstić information content (AvgIpc) is 2.52. The SMILES string of the molecule is CCC[CH2][Sn](/[CH]=C/C=C/[C@@H](O)[C@H](C)O)([CH2]CCC)[CH2]CCC. The van der Waals surface area contributed by atoms with Crippen LogP contribution in [-0.4, -0.2) is 40.8 Å².